The second-order valence-corrected chi connectivity index (χ2v) is 7.23. The van der Waals surface area contributed by atoms with E-state index in [9.17, 15) is 13.2 Å². The molecule has 1 unspecified atom stereocenters. The number of sulfonamides is 1. The maximum absolute atomic E-state index is 12.4. The molecule has 1 aliphatic carbocycles. The zero-order valence-corrected chi connectivity index (χ0v) is 13.2. The van der Waals surface area contributed by atoms with E-state index in [2.05, 4.69) is 16.9 Å². The summed E-state index contributed by atoms with van der Waals surface area (Å²) in [5.74, 6) is -0.934. The first-order valence-corrected chi connectivity index (χ1v) is 8.94. The van der Waals surface area contributed by atoms with Crippen molar-refractivity contribution in [2.24, 2.45) is 0 Å². The first kappa shape index (κ1) is 16.7. The van der Waals surface area contributed by atoms with Crippen LogP contribution in [0.4, 0.5) is 0 Å². The molecule has 1 aromatic rings. The van der Waals surface area contributed by atoms with E-state index in [1.807, 2.05) is 0 Å². The number of hydrogen-bond acceptors (Lipinski definition) is 3. The van der Waals surface area contributed by atoms with Crippen LogP contribution < -0.4 is 4.72 Å². The molecule has 120 valence electrons. The molecule has 0 amide bonds. The van der Waals surface area contributed by atoms with Gasteiger partial charge < -0.3 is 5.11 Å². The minimum atomic E-state index is -3.55. The normalized spacial score (nSPS) is 20.8. The Morgan fingerprint density at radius 3 is 2.50 bits per heavy atom. The van der Waals surface area contributed by atoms with Crippen molar-refractivity contribution in [3.8, 4) is 0 Å². The molecule has 0 bridgehead atoms. The maximum atomic E-state index is 12.4. The van der Waals surface area contributed by atoms with Crippen molar-refractivity contribution in [1.82, 2.24) is 4.72 Å². The average molecular weight is 323 g/mol. The number of nitrogens with one attached hydrogen (secondary N) is 1. The monoisotopic (exact) mass is 323 g/mol. The van der Waals surface area contributed by atoms with Gasteiger partial charge in [0.05, 0.1) is 11.3 Å². The smallest absolute Gasteiger partial charge is 0.307 e. The number of hydrogen-bond donors (Lipinski definition) is 2. The van der Waals surface area contributed by atoms with Crippen LogP contribution in [0.25, 0.3) is 0 Å². The first-order valence-electron chi connectivity index (χ1n) is 7.45. The van der Waals surface area contributed by atoms with Crippen molar-refractivity contribution in [2.75, 3.05) is 0 Å². The molecule has 6 heteroatoms. The topological polar surface area (TPSA) is 83.5 Å². The molecule has 5 nitrogen and oxygen atoms in total. The fourth-order valence-electron chi connectivity index (χ4n) is 2.53. The fourth-order valence-corrected chi connectivity index (χ4v) is 3.83. The molecule has 0 spiro atoms. The van der Waals surface area contributed by atoms with E-state index in [0.717, 1.165) is 32.1 Å². The maximum Gasteiger partial charge on any atom is 0.307 e. The second-order valence-electron chi connectivity index (χ2n) is 5.51. The Hall–Kier alpha value is -1.66. The summed E-state index contributed by atoms with van der Waals surface area (Å²) in [7, 11) is -3.55. The molecule has 0 fully saturated rings. The van der Waals surface area contributed by atoms with E-state index < -0.39 is 16.0 Å². The third-order valence-electron chi connectivity index (χ3n) is 3.68. The van der Waals surface area contributed by atoms with Crippen LogP contribution in [0, 0.1) is 0 Å². The number of carboxylic acids is 1. The quantitative estimate of drug-likeness (QED) is 0.815. The number of carboxylic acid groups (broad SMARTS) is 1. The Balaban J connectivity index is 2.05. The van der Waals surface area contributed by atoms with Gasteiger partial charge in [0.1, 0.15) is 0 Å². The molecule has 2 N–H and O–H groups in total. The standard InChI is InChI=1S/C16H21NO4S/c18-16(19)12-13-8-10-15(11-9-13)22(20,21)17-14-6-4-2-1-3-5-7-14/h1-2,8-11,14,17H,3-7,12H2,(H,18,19)/b2-1-. The van der Waals surface area contributed by atoms with Gasteiger partial charge in [0.2, 0.25) is 10.0 Å². The lowest BCUT2D eigenvalue weighted by Gasteiger charge is -2.19. The van der Waals surface area contributed by atoms with E-state index >= 15 is 0 Å². The molecule has 1 aromatic carbocycles. The number of carbonyl (C=O) groups is 1. The Labute approximate surface area is 131 Å². The highest BCUT2D eigenvalue weighted by atomic mass is 32.2. The Bertz CT molecular complexity index is 635. The molecular weight excluding hydrogens is 302 g/mol. The molecule has 0 heterocycles. The zero-order chi connectivity index (χ0) is 16.0. The molecule has 0 radical (unpaired) electrons. The lowest BCUT2D eigenvalue weighted by atomic mass is 10.0. The Morgan fingerprint density at radius 2 is 1.82 bits per heavy atom. The average Bonchev–Trinajstić information content (AvgIpc) is 2.41. The Kier molecular flexibility index (Phi) is 5.74. The fraction of sp³-hybridized carbons (Fsp3) is 0.438. The van der Waals surface area contributed by atoms with Crippen molar-refractivity contribution in [3.05, 3.63) is 42.0 Å². The van der Waals surface area contributed by atoms with E-state index in [4.69, 9.17) is 5.11 Å². The van der Waals surface area contributed by atoms with Crippen LogP contribution in [0.1, 0.15) is 37.7 Å². The van der Waals surface area contributed by atoms with E-state index in [0.29, 0.717) is 5.56 Å². The van der Waals surface area contributed by atoms with Gasteiger partial charge in [0.25, 0.3) is 0 Å². The predicted octanol–water partition coefficient (Wildman–Crippen LogP) is 2.48. The number of rotatable bonds is 5. The Morgan fingerprint density at radius 1 is 1.14 bits per heavy atom. The van der Waals surface area contributed by atoms with Crippen LogP contribution in [-0.2, 0) is 21.2 Å². The third kappa shape index (κ3) is 4.96. The van der Waals surface area contributed by atoms with Crippen LogP contribution >= 0.6 is 0 Å². The van der Waals surface area contributed by atoms with Crippen LogP contribution in [-0.4, -0.2) is 25.5 Å². The molecule has 1 aliphatic rings. The molecule has 22 heavy (non-hydrogen) atoms. The highest BCUT2D eigenvalue weighted by Gasteiger charge is 2.20. The molecule has 0 saturated heterocycles. The highest BCUT2D eigenvalue weighted by molar-refractivity contribution is 7.89. The van der Waals surface area contributed by atoms with E-state index in [1.165, 1.54) is 12.1 Å². The van der Waals surface area contributed by atoms with Crippen LogP contribution in [0.3, 0.4) is 0 Å². The van der Waals surface area contributed by atoms with Crippen molar-refractivity contribution in [1.29, 1.82) is 0 Å². The van der Waals surface area contributed by atoms with Crippen LogP contribution in [0.5, 0.6) is 0 Å². The summed E-state index contributed by atoms with van der Waals surface area (Å²) >= 11 is 0. The summed E-state index contributed by atoms with van der Waals surface area (Å²) in [6, 6.07) is 5.97. The van der Waals surface area contributed by atoms with Gasteiger partial charge in [-0.1, -0.05) is 24.3 Å². The van der Waals surface area contributed by atoms with Gasteiger partial charge in [-0.15, -0.1) is 0 Å². The van der Waals surface area contributed by atoms with Crippen LogP contribution in [0.15, 0.2) is 41.3 Å². The summed E-state index contributed by atoms with van der Waals surface area (Å²) < 4.78 is 27.5. The van der Waals surface area contributed by atoms with Gasteiger partial charge in [0, 0.05) is 6.04 Å². The summed E-state index contributed by atoms with van der Waals surface area (Å²) in [6.45, 7) is 0. The minimum absolute atomic E-state index is 0.0475. The van der Waals surface area contributed by atoms with Gasteiger partial charge in [0.15, 0.2) is 0 Å². The van der Waals surface area contributed by atoms with Crippen molar-refractivity contribution in [3.63, 3.8) is 0 Å². The van der Waals surface area contributed by atoms with Crippen molar-refractivity contribution >= 4 is 16.0 Å². The molecule has 2 rings (SSSR count). The second kappa shape index (κ2) is 7.56. The SMILES string of the molecule is O=C(O)Cc1ccc(S(=O)(=O)NC2CC/C=C\CCC2)cc1. The minimum Gasteiger partial charge on any atom is -0.481 e. The van der Waals surface area contributed by atoms with Gasteiger partial charge in [-0.25, -0.2) is 13.1 Å². The third-order valence-corrected chi connectivity index (χ3v) is 5.22. The van der Waals surface area contributed by atoms with Gasteiger partial charge in [-0.2, -0.15) is 0 Å². The predicted molar refractivity (Wildman–Crippen MR) is 84.1 cm³/mol. The van der Waals surface area contributed by atoms with Gasteiger partial charge in [-0.05, 0) is 49.8 Å². The summed E-state index contributed by atoms with van der Waals surface area (Å²) in [4.78, 5) is 10.8. The number of benzene rings is 1. The lowest BCUT2D eigenvalue weighted by Crippen LogP contribution is -2.35. The zero-order valence-electron chi connectivity index (χ0n) is 12.4. The molecule has 0 saturated carbocycles. The molecule has 0 aliphatic heterocycles. The first-order chi connectivity index (χ1) is 10.5. The highest BCUT2D eigenvalue weighted by Crippen LogP contribution is 2.17. The van der Waals surface area contributed by atoms with Crippen LogP contribution in [0.2, 0.25) is 0 Å². The number of allylic oxidation sites excluding steroid dienone is 2. The van der Waals surface area contributed by atoms with Gasteiger partial charge in [-0.3, -0.25) is 4.79 Å². The van der Waals surface area contributed by atoms with E-state index in [1.54, 1.807) is 12.1 Å². The summed E-state index contributed by atoms with van der Waals surface area (Å²) in [6.07, 6.45) is 8.61. The number of aliphatic carboxylic acids is 1. The molecule has 1 atom stereocenters. The van der Waals surface area contributed by atoms with Crippen molar-refractivity contribution in [2.45, 2.75) is 49.5 Å². The molecule has 0 aromatic heterocycles. The van der Waals surface area contributed by atoms with E-state index in [-0.39, 0.29) is 17.4 Å². The lowest BCUT2D eigenvalue weighted by molar-refractivity contribution is -0.136. The van der Waals surface area contributed by atoms with Gasteiger partial charge >= 0.3 is 5.97 Å². The summed E-state index contributed by atoms with van der Waals surface area (Å²) in [5.41, 5.74) is 0.586. The van der Waals surface area contributed by atoms with Crippen molar-refractivity contribution < 1.29 is 18.3 Å². The summed E-state index contributed by atoms with van der Waals surface area (Å²) in [5, 5.41) is 8.73. The molecular formula is C16H21NO4S. The largest absolute Gasteiger partial charge is 0.481 e.